The van der Waals surface area contributed by atoms with Crippen LogP contribution in [0.2, 0.25) is 0 Å². The molecule has 0 saturated carbocycles. The quantitative estimate of drug-likeness (QED) is 0.718. The smallest absolute Gasteiger partial charge is 0.0713 e. The Bertz CT molecular complexity index is 1240. The van der Waals surface area contributed by atoms with Gasteiger partial charge in [-0.2, -0.15) is 0 Å². The molecule has 0 bridgehead atoms. The van der Waals surface area contributed by atoms with Crippen molar-refractivity contribution < 1.29 is 0 Å². The molecule has 3 aromatic rings. The monoisotopic (exact) mass is 368 g/mol. The maximum Gasteiger partial charge on any atom is 0.0713 e. The molecule has 2 heterocycles. The topological polar surface area (TPSA) is 29.3 Å². The summed E-state index contributed by atoms with van der Waals surface area (Å²) in [5.74, 6) is 0. The first kappa shape index (κ1) is 16.3. The van der Waals surface area contributed by atoms with Gasteiger partial charge in [0.1, 0.15) is 0 Å². The molecule has 0 amide bonds. The van der Waals surface area contributed by atoms with Crippen LogP contribution in [-0.2, 0) is 6.54 Å². The Morgan fingerprint density at radius 2 is 1.89 bits per heavy atom. The molecule has 5 rings (SSSR count). The Kier molecular flexibility index (Phi) is 3.85. The molecular weight excluding hydrogens is 348 g/mol. The van der Waals surface area contributed by atoms with Crippen molar-refractivity contribution in [2.75, 3.05) is 4.90 Å². The van der Waals surface area contributed by atoms with Crippen molar-refractivity contribution in [2.45, 2.75) is 13.0 Å². The Labute approximate surface area is 162 Å². The second-order valence-electron chi connectivity index (χ2n) is 6.83. The molecule has 3 heteroatoms. The van der Waals surface area contributed by atoms with Crippen molar-refractivity contribution in [3.05, 3.63) is 88.3 Å². The number of allylic oxidation sites excluding steroid dienone is 4. The van der Waals surface area contributed by atoms with Gasteiger partial charge in [-0.25, -0.2) is 0 Å². The van der Waals surface area contributed by atoms with Crippen molar-refractivity contribution in [2.24, 2.45) is 5.73 Å². The Balaban J connectivity index is 1.82. The van der Waals surface area contributed by atoms with E-state index in [1.165, 1.54) is 31.1 Å². The highest BCUT2D eigenvalue weighted by Crippen LogP contribution is 2.40. The van der Waals surface area contributed by atoms with Gasteiger partial charge >= 0.3 is 0 Å². The van der Waals surface area contributed by atoms with E-state index in [4.69, 9.17) is 5.73 Å². The maximum atomic E-state index is 5.78. The second-order valence-corrected chi connectivity index (χ2v) is 7.88. The van der Waals surface area contributed by atoms with Crippen LogP contribution in [0.5, 0.6) is 0 Å². The molecule has 1 aromatic heterocycles. The highest BCUT2D eigenvalue weighted by molar-refractivity contribution is 7.17. The third kappa shape index (κ3) is 2.59. The minimum Gasteiger partial charge on any atom is -0.326 e. The Hall–Kier alpha value is -2.88. The normalized spacial score (nSPS) is 17.5. The van der Waals surface area contributed by atoms with Crippen LogP contribution >= 0.6 is 11.3 Å². The summed E-state index contributed by atoms with van der Waals surface area (Å²) in [7, 11) is 0. The van der Waals surface area contributed by atoms with E-state index >= 15 is 0 Å². The highest BCUT2D eigenvalue weighted by Gasteiger charge is 2.20. The van der Waals surface area contributed by atoms with Crippen molar-refractivity contribution >= 4 is 50.5 Å². The molecule has 1 aliphatic heterocycles. The number of thiophene rings is 1. The molecule has 0 atom stereocenters. The number of anilines is 2. The van der Waals surface area contributed by atoms with Gasteiger partial charge in [0.05, 0.1) is 10.4 Å². The van der Waals surface area contributed by atoms with Crippen LogP contribution in [0.15, 0.2) is 67.4 Å². The fraction of sp³-hybridized carbons (Fsp3) is 0.0833. The van der Waals surface area contributed by atoms with E-state index in [1.54, 1.807) is 0 Å². The van der Waals surface area contributed by atoms with Crippen molar-refractivity contribution in [3.63, 3.8) is 0 Å². The molecule has 0 radical (unpaired) electrons. The van der Waals surface area contributed by atoms with Crippen LogP contribution in [-0.4, -0.2) is 0 Å². The molecule has 2 aromatic carbocycles. The predicted octanol–water partition coefficient (Wildman–Crippen LogP) is 4.56. The minimum absolute atomic E-state index is 0.555. The first-order valence-electron chi connectivity index (χ1n) is 9.14. The molecule has 0 fully saturated rings. The van der Waals surface area contributed by atoms with Crippen LogP contribution in [0.4, 0.5) is 11.4 Å². The van der Waals surface area contributed by atoms with Crippen LogP contribution in [0, 0.1) is 0 Å². The van der Waals surface area contributed by atoms with E-state index in [0.29, 0.717) is 6.54 Å². The van der Waals surface area contributed by atoms with E-state index in [0.717, 1.165) is 23.2 Å². The van der Waals surface area contributed by atoms with Gasteiger partial charge in [0.15, 0.2) is 0 Å². The first-order valence-corrected chi connectivity index (χ1v) is 9.96. The van der Waals surface area contributed by atoms with Crippen molar-refractivity contribution in [3.8, 4) is 0 Å². The van der Waals surface area contributed by atoms with Gasteiger partial charge in [-0.3, -0.25) is 0 Å². The van der Waals surface area contributed by atoms with E-state index in [9.17, 15) is 0 Å². The molecule has 0 spiro atoms. The van der Waals surface area contributed by atoms with E-state index in [2.05, 4.69) is 78.4 Å². The molecule has 27 heavy (non-hydrogen) atoms. The summed E-state index contributed by atoms with van der Waals surface area (Å²) >= 11 is 1.88. The average molecular weight is 369 g/mol. The number of benzene rings is 2. The van der Waals surface area contributed by atoms with E-state index in [-0.39, 0.29) is 0 Å². The lowest BCUT2D eigenvalue weighted by Gasteiger charge is -2.26. The number of fused-ring (bicyclic) bond motifs is 5. The zero-order chi connectivity index (χ0) is 18.4. The lowest BCUT2D eigenvalue weighted by Crippen LogP contribution is -2.14. The molecule has 2 N–H and O–H groups in total. The van der Waals surface area contributed by atoms with Crippen LogP contribution in [0.1, 0.15) is 17.5 Å². The van der Waals surface area contributed by atoms with Crippen LogP contribution in [0.3, 0.4) is 0 Å². The van der Waals surface area contributed by atoms with Gasteiger partial charge < -0.3 is 10.6 Å². The fourth-order valence-electron chi connectivity index (χ4n) is 3.81. The summed E-state index contributed by atoms with van der Waals surface area (Å²) < 4.78 is 2.69. The summed E-state index contributed by atoms with van der Waals surface area (Å²) in [6.45, 7) is 4.86. The van der Waals surface area contributed by atoms with Gasteiger partial charge in [-0.1, -0.05) is 55.1 Å². The van der Waals surface area contributed by atoms with Gasteiger partial charge in [0, 0.05) is 33.9 Å². The highest BCUT2D eigenvalue weighted by atomic mass is 32.1. The number of nitrogens with zero attached hydrogens (tertiary/aromatic N) is 1. The van der Waals surface area contributed by atoms with Crippen LogP contribution in [0.25, 0.3) is 27.8 Å². The standard InChI is InChI=1S/C24H20N2S/c1-16-5-2-3-14-26(18-10-8-17(15-25)9-11-18)23-19(16)12-13-21-20-6-4-7-22(20)27-24(21)23/h2-3,5-14H,1,4,15,25H2/b5-2-,14-3-. The van der Waals surface area contributed by atoms with E-state index in [1.807, 2.05) is 17.4 Å². The average Bonchev–Trinajstić information content (AvgIpc) is 3.27. The lowest BCUT2D eigenvalue weighted by atomic mass is 10.00. The molecule has 132 valence electrons. The predicted molar refractivity (Wildman–Crippen MR) is 118 cm³/mol. The molecule has 0 saturated heterocycles. The van der Waals surface area contributed by atoms with Gasteiger partial charge in [0.25, 0.3) is 0 Å². The molecule has 2 nitrogen and oxygen atoms in total. The number of hydrogen-bond acceptors (Lipinski definition) is 3. The maximum absolute atomic E-state index is 5.78. The minimum atomic E-state index is 0.555. The van der Waals surface area contributed by atoms with Crippen molar-refractivity contribution in [1.82, 2.24) is 0 Å². The zero-order valence-electron chi connectivity index (χ0n) is 15.0. The molecule has 2 aliphatic rings. The summed E-state index contributed by atoms with van der Waals surface area (Å²) in [6, 6.07) is 12.9. The Morgan fingerprint density at radius 3 is 2.70 bits per heavy atom. The molecule has 0 unspecified atom stereocenters. The van der Waals surface area contributed by atoms with Gasteiger partial charge in [-0.05, 0) is 41.0 Å². The summed E-state index contributed by atoms with van der Waals surface area (Å²) in [5, 5.41) is 2.71. The molecule has 1 aliphatic carbocycles. The second kappa shape index (κ2) is 6.38. The zero-order valence-corrected chi connectivity index (χ0v) is 15.8. The van der Waals surface area contributed by atoms with Gasteiger partial charge in [0.2, 0.25) is 0 Å². The first-order chi connectivity index (χ1) is 13.3. The Morgan fingerprint density at radius 1 is 1.04 bits per heavy atom. The largest absolute Gasteiger partial charge is 0.326 e. The summed E-state index contributed by atoms with van der Waals surface area (Å²) in [4.78, 5) is 2.28. The third-order valence-electron chi connectivity index (χ3n) is 5.21. The summed E-state index contributed by atoms with van der Waals surface area (Å²) in [5.41, 5.74) is 11.5. The van der Waals surface area contributed by atoms with Gasteiger partial charge in [-0.15, -0.1) is 11.3 Å². The lowest BCUT2D eigenvalue weighted by molar-refractivity contribution is 1.07. The van der Waals surface area contributed by atoms with Crippen molar-refractivity contribution in [1.29, 1.82) is 0 Å². The van der Waals surface area contributed by atoms with Crippen LogP contribution < -0.4 is 20.4 Å². The number of nitrogens with two attached hydrogens (primary N) is 1. The third-order valence-corrected chi connectivity index (χ3v) is 6.43. The summed E-state index contributed by atoms with van der Waals surface area (Å²) in [6.07, 6.45) is 14.0. The molecular formula is C24H20N2S. The number of hydrogen-bond donors (Lipinski definition) is 1. The van der Waals surface area contributed by atoms with E-state index < -0.39 is 0 Å². The SMILES string of the molecule is C=C1/C=C\C=C/N(c2ccc(CN)cc2)c2c1ccc1c3c(sc21)=CCC=3. The number of rotatable bonds is 2. The fourth-order valence-corrected chi connectivity index (χ4v) is 5.10.